The third-order valence-corrected chi connectivity index (χ3v) is 2.84. The zero-order valence-corrected chi connectivity index (χ0v) is 11.0. The van der Waals surface area contributed by atoms with Crippen molar-refractivity contribution >= 4 is 17.6 Å². The lowest BCUT2D eigenvalue weighted by Gasteiger charge is -2.23. The average molecular weight is 257 g/mol. The lowest BCUT2D eigenvalue weighted by molar-refractivity contribution is -0.154. The average Bonchev–Trinajstić information content (AvgIpc) is 2.32. The number of halogens is 1. The predicted octanol–water partition coefficient (Wildman–Crippen LogP) is 3.37. The molecule has 94 valence electrons. The number of rotatable bonds is 5. The van der Waals surface area contributed by atoms with E-state index in [1.807, 2.05) is 18.2 Å². The van der Waals surface area contributed by atoms with Gasteiger partial charge in [-0.3, -0.25) is 4.79 Å². The Balaban J connectivity index is 2.84. The number of carbonyl (C=O) groups excluding carboxylic acids is 1. The van der Waals surface area contributed by atoms with Crippen LogP contribution in [0.15, 0.2) is 24.3 Å². The summed E-state index contributed by atoms with van der Waals surface area (Å²) in [6, 6.07) is 7.38. The van der Waals surface area contributed by atoms with Crippen molar-refractivity contribution in [3.63, 3.8) is 0 Å². The fraction of sp³-hybridized carbons (Fsp3) is 0.462. The third kappa shape index (κ3) is 3.72. The van der Waals surface area contributed by atoms with Crippen LogP contribution >= 0.6 is 11.6 Å². The first-order valence-electron chi connectivity index (χ1n) is 5.56. The van der Waals surface area contributed by atoms with Crippen molar-refractivity contribution in [3.05, 3.63) is 34.9 Å². The second-order valence-corrected chi connectivity index (χ2v) is 4.13. The number of ether oxygens (including phenoxy) is 2. The van der Waals surface area contributed by atoms with E-state index in [0.717, 1.165) is 5.56 Å². The minimum atomic E-state index is -0.368. The monoisotopic (exact) mass is 256 g/mol. The molecule has 17 heavy (non-hydrogen) atoms. The van der Waals surface area contributed by atoms with Gasteiger partial charge in [-0.05, 0) is 13.0 Å². The number of hydrogen-bond donors (Lipinski definition) is 0. The smallest absolute Gasteiger partial charge is 0.305 e. The molecule has 0 aliphatic heterocycles. The van der Waals surface area contributed by atoms with Crippen LogP contribution in [0.25, 0.3) is 0 Å². The predicted molar refractivity (Wildman–Crippen MR) is 67.0 cm³/mol. The van der Waals surface area contributed by atoms with Crippen LogP contribution in [0.3, 0.4) is 0 Å². The van der Waals surface area contributed by atoms with E-state index in [0.29, 0.717) is 11.4 Å². The Hall–Kier alpha value is -1.06. The van der Waals surface area contributed by atoms with Crippen LogP contribution in [0.2, 0.25) is 5.02 Å². The number of carbonyl (C=O) groups is 1. The van der Waals surface area contributed by atoms with Crippen molar-refractivity contribution in [1.82, 2.24) is 0 Å². The molecule has 0 fully saturated rings. The molecule has 0 bridgehead atoms. The van der Waals surface area contributed by atoms with E-state index in [2.05, 4.69) is 0 Å². The zero-order chi connectivity index (χ0) is 12.8. The minimum absolute atomic E-state index is 0.244. The first-order valence-corrected chi connectivity index (χ1v) is 5.94. The molecule has 0 aliphatic rings. The molecule has 1 aromatic carbocycles. The van der Waals surface area contributed by atoms with E-state index in [4.69, 9.17) is 21.1 Å². The van der Waals surface area contributed by atoms with Crippen LogP contribution < -0.4 is 0 Å². The molecule has 2 atom stereocenters. The SMILES string of the molecule is CCC(=O)O[C@@H](C)[C@@H](OC)c1ccccc1Cl. The summed E-state index contributed by atoms with van der Waals surface area (Å²) in [6.45, 7) is 3.55. The number of benzene rings is 1. The lowest BCUT2D eigenvalue weighted by atomic mass is 10.1. The van der Waals surface area contributed by atoms with E-state index in [9.17, 15) is 4.79 Å². The summed E-state index contributed by atoms with van der Waals surface area (Å²) in [7, 11) is 1.57. The van der Waals surface area contributed by atoms with Gasteiger partial charge in [-0.2, -0.15) is 0 Å². The van der Waals surface area contributed by atoms with Gasteiger partial charge in [0.05, 0.1) is 0 Å². The van der Waals surface area contributed by atoms with Crippen molar-refractivity contribution < 1.29 is 14.3 Å². The number of methoxy groups -OCH3 is 1. The van der Waals surface area contributed by atoms with Crippen molar-refractivity contribution in [1.29, 1.82) is 0 Å². The van der Waals surface area contributed by atoms with Crippen LogP contribution in [0.5, 0.6) is 0 Å². The summed E-state index contributed by atoms with van der Waals surface area (Å²) >= 11 is 6.09. The summed E-state index contributed by atoms with van der Waals surface area (Å²) in [4.78, 5) is 11.2. The molecule has 1 aromatic rings. The highest BCUT2D eigenvalue weighted by Gasteiger charge is 2.23. The summed E-state index contributed by atoms with van der Waals surface area (Å²) in [6.07, 6.45) is -0.366. The van der Waals surface area contributed by atoms with Crippen molar-refractivity contribution in [2.24, 2.45) is 0 Å². The van der Waals surface area contributed by atoms with Gasteiger partial charge in [0.2, 0.25) is 0 Å². The Morgan fingerprint density at radius 1 is 1.41 bits per heavy atom. The fourth-order valence-electron chi connectivity index (χ4n) is 1.63. The van der Waals surface area contributed by atoms with Gasteiger partial charge < -0.3 is 9.47 Å². The Bertz CT molecular complexity index is 379. The second kappa shape index (κ2) is 6.62. The normalized spacial score (nSPS) is 14.1. The zero-order valence-electron chi connectivity index (χ0n) is 10.3. The molecule has 0 saturated heterocycles. The van der Waals surface area contributed by atoms with Crippen molar-refractivity contribution in [2.75, 3.05) is 7.11 Å². The second-order valence-electron chi connectivity index (χ2n) is 3.73. The Morgan fingerprint density at radius 2 is 2.06 bits per heavy atom. The highest BCUT2D eigenvalue weighted by Crippen LogP contribution is 2.29. The number of esters is 1. The van der Waals surface area contributed by atoms with Gasteiger partial charge in [0.25, 0.3) is 0 Å². The molecular weight excluding hydrogens is 240 g/mol. The van der Waals surface area contributed by atoms with E-state index in [1.165, 1.54) is 0 Å². The summed E-state index contributed by atoms with van der Waals surface area (Å²) < 4.78 is 10.6. The molecule has 3 nitrogen and oxygen atoms in total. The molecule has 1 rings (SSSR count). The Kier molecular flexibility index (Phi) is 5.45. The largest absolute Gasteiger partial charge is 0.460 e. The summed E-state index contributed by atoms with van der Waals surface area (Å²) in [5, 5.41) is 0.610. The fourth-order valence-corrected chi connectivity index (χ4v) is 1.87. The van der Waals surface area contributed by atoms with Crippen molar-refractivity contribution in [2.45, 2.75) is 32.5 Å². The molecule has 0 spiro atoms. The molecular formula is C13H17ClO3. The minimum Gasteiger partial charge on any atom is -0.460 e. The molecule has 0 unspecified atom stereocenters. The quantitative estimate of drug-likeness (QED) is 0.758. The van der Waals surface area contributed by atoms with Crippen LogP contribution in [-0.2, 0) is 14.3 Å². The lowest BCUT2D eigenvalue weighted by Crippen LogP contribution is -2.23. The molecule has 0 radical (unpaired) electrons. The van der Waals surface area contributed by atoms with Gasteiger partial charge in [0.1, 0.15) is 12.2 Å². The standard InChI is InChI=1S/C13H17ClO3/c1-4-12(15)17-9(2)13(16-3)10-7-5-6-8-11(10)14/h5-9,13H,4H2,1-3H3/t9-,13+/m0/s1. The first-order chi connectivity index (χ1) is 8.10. The van der Waals surface area contributed by atoms with E-state index < -0.39 is 0 Å². The topological polar surface area (TPSA) is 35.5 Å². The summed E-state index contributed by atoms with van der Waals surface area (Å²) in [5.74, 6) is -0.244. The van der Waals surface area contributed by atoms with Crippen LogP contribution in [0.4, 0.5) is 0 Å². The van der Waals surface area contributed by atoms with Gasteiger partial charge in [0, 0.05) is 24.1 Å². The van der Waals surface area contributed by atoms with Crippen LogP contribution in [0.1, 0.15) is 31.9 Å². The van der Waals surface area contributed by atoms with Gasteiger partial charge in [-0.25, -0.2) is 0 Å². The van der Waals surface area contributed by atoms with Gasteiger partial charge in [-0.15, -0.1) is 0 Å². The highest BCUT2D eigenvalue weighted by atomic mass is 35.5. The molecule has 4 heteroatoms. The Labute approximate surface area is 107 Å². The maximum atomic E-state index is 11.2. The van der Waals surface area contributed by atoms with Gasteiger partial charge in [0.15, 0.2) is 0 Å². The molecule has 0 amide bonds. The Morgan fingerprint density at radius 3 is 2.59 bits per heavy atom. The maximum absolute atomic E-state index is 11.2. The van der Waals surface area contributed by atoms with E-state index in [1.54, 1.807) is 27.0 Å². The molecule has 0 aliphatic carbocycles. The van der Waals surface area contributed by atoms with E-state index in [-0.39, 0.29) is 18.2 Å². The van der Waals surface area contributed by atoms with E-state index >= 15 is 0 Å². The molecule has 0 saturated carbocycles. The molecule has 0 aromatic heterocycles. The third-order valence-electron chi connectivity index (χ3n) is 2.50. The summed E-state index contributed by atoms with van der Waals surface area (Å²) in [5.41, 5.74) is 0.827. The van der Waals surface area contributed by atoms with Crippen LogP contribution in [-0.4, -0.2) is 19.2 Å². The van der Waals surface area contributed by atoms with Crippen LogP contribution in [0, 0.1) is 0 Å². The molecule has 0 heterocycles. The maximum Gasteiger partial charge on any atom is 0.305 e. The van der Waals surface area contributed by atoms with Gasteiger partial charge >= 0.3 is 5.97 Å². The first kappa shape index (κ1) is 14.0. The molecule has 0 N–H and O–H groups in total. The van der Waals surface area contributed by atoms with Gasteiger partial charge in [-0.1, -0.05) is 36.7 Å². The number of hydrogen-bond acceptors (Lipinski definition) is 3. The highest BCUT2D eigenvalue weighted by molar-refractivity contribution is 6.31. The van der Waals surface area contributed by atoms with Crippen molar-refractivity contribution in [3.8, 4) is 0 Å².